The molecule has 104 valence electrons. The summed E-state index contributed by atoms with van der Waals surface area (Å²) < 4.78 is 41.1. The summed E-state index contributed by atoms with van der Waals surface area (Å²) in [5.74, 6) is -0.287. The average molecular weight is 299 g/mol. The molecule has 0 saturated carbocycles. The SMILES string of the molecule is C=Cc1ccc(-c2cccc(Cl)c2)cc1OC(F)(F)F. The second-order valence-electron chi connectivity index (χ2n) is 4.01. The number of hydrogen-bond donors (Lipinski definition) is 0. The topological polar surface area (TPSA) is 9.23 Å². The number of hydrogen-bond acceptors (Lipinski definition) is 1. The first-order chi connectivity index (χ1) is 9.39. The van der Waals surface area contributed by atoms with Crippen LogP contribution in [0.2, 0.25) is 5.02 Å². The van der Waals surface area contributed by atoms with Crippen molar-refractivity contribution >= 4 is 17.7 Å². The van der Waals surface area contributed by atoms with Gasteiger partial charge in [-0.15, -0.1) is 13.2 Å². The molecule has 0 unspecified atom stereocenters. The number of benzene rings is 2. The average Bonchev–Trinajstić information content (AvgIpc) is 2.37. The van der Waals surface area contributed by atoms with Gasteiger partial charge in [-0.05, 0) is 29.3 Å². The molecule has 0 aliphatic rings. The van der Waals surface area contributed by atoms with Gasteiger partial charge in [-0.25, -0.2) is 0 Å². The maximum atomic E-state index is 12.4. The Balaban J connectivity index is 2.46. The van der Waals surface area contributed by atoms with Crippen molar-refractivity contribution in [1.29, 1.82) is 0 Å². The number of halogens is 4. The van der Waals surface area contributed by atoms with Crippen LogP contribution in [0.25, 0.3) is 17.2 Å². The normalized spacial score (nSPS) is 11.2. The molecule has 0 amide bonds. The van der Waals surface area contributed by atoms with E-state index < -0.39 is 6.36 Å². The van der Waals surface area contributed by atoms with Crippen molar-refractivity contribution in [3.05, 3.63) is 59.6 Å². The molecule has 0 spiro atoms. The van der Waals surface area contributed by atoms with E-state index in [4.69, 9.17) is 11.6 Å². The molecule has 2 aromatic carbocycles. The lowest BCUT2D eigenvalue weighted by atomic mass is 10.0. The molecule has 1 nitrogen and oxygen atoms in total. The molecule has 0 bridgehead atoms. The number of alkyl halides is 3. The maximum Gasteiger partial charge on any atom is 0.573 e. The van der Waals surface area contributed by atoms with Crippen molar-refractivity contribution in [2.24, 2.45) is 0 Å². The molecule has 0 aliphatic heterocycles. The van der Waals surface area contributed by atoms with E-state index in [1.54, 1.807) is 30.3 Å². The van der Waals surface area contributed by atoms with E-state index in [-0.39, 0.29) is 11.3 Å². The van der Waals surface area contributed by atoms with E-state index in [1.165, 1.54) is 18.2 Å². The molecule has 0 atom stereocenters. The van der Waals surface area contributed by atoms with Crippen molar-refractivity contribution in [2.75, 3.05) is 0 Å². The van der Waals surface area contributed by atoms with Crippen LogP contribution in [0.3, 0.4) is 0 Å². The van der Waals surface area contributed by atoms with Crippen molar-refractivity contribution in [3.63, 3.8) is 0 Å². The van der Waals surface area contributed by atoms with Gasteiger partial charge in [0.2, 0.25) is 0 Å². The molecule has 0 fully saturated rings. The third-order valence-corrected chi connectivity index (χ3v) is 2.85. The molecular formula is C15H10ClF3O. The fraction of sp³-hybridized carbons (Fsp3) is 0.0667. The Morgan fingerprint density at radius 3 is 2.35 bits per heavy atom. The second-order valence-corrected chi connectivity index (χ2v) is 4.45. The lowest BCUT2D eigenvalue weighted by Crippen LogP contribution is -2.17. The van der Waals surface area contributed by atoms with Crippen LogP contribution < -0.4 is 4.74 Å². The molecule has 0 heterocycles. The minimum atomic E-state index is -4.75. The molecule has 0 saturated heterocycles. The van der Waals surface area contributed by atoms with Crippen LogP contribution in [0.1, 0.15) is 5.56 Å². The Morgan fingerprint density at radius 2 is 1.75 bits per heavy atom. The van der Waals surface area contributed by atoms with Gasteiger partial charge in [0.05, 0.1) is 0 Å². The van der Waals surface area contributed by atoms with Gasteiger partial charge in [0, 0.05) is 10.6 Å². The third kappa shape index (κ3) is 3.54. The highest BCUT2D eigenvalue weighted by Gasteiger charge is 2.32. The molecule has 2 rings (SSSR count). The number of ether oxygens (including phenoxy) is 1. The van der Waals surface area contributed by atoms with E-state index in [9.17, 15) is 13.2 Å². The van der Waals surface area contributed by atoms with Gasteiger partial charge in [-0.3, -0.25) is 0 Å². The first-order valence-electron chi connectivity index (χ1n) is 5.67. The van der Waals surface area contributed by atoms with Crippen LogP contribution in [-0.2, 0) is 0 Å². The van der Waals surface area contributed by atoms with Gasteiger partial charge in [0.15, 0.2) is 0 Å². The van der Waals surface area contributed by atoms with Crippen molar-refractivity contribution in [3.8, 4) is 16.9 Å². The quantitative estimate of drug-likeness (QED) is 0.722. The molecule has 0 radical (unpaired) electrons. The Kier molecular flexibility index (Phi) is 4.04. The van der Waals surface area contributed by atoms with Gasteiger partial charge in [-0.1, -0.05) is 48.5 Å². The lowest BCUT2D eigenvalue weighted by molar-refractivity contribution is -0.274. The van der Waals surface area contributed by atoms with E-state index in [1.807, 2.05) is 0 Å². The summed E-state index contributed by atoms with van der Waals surface area (Å²) >= 11 is 5.87. The molecule has 0 aromatic heterocycles. The van der Waals surface area contributed by atoms with Crippen molar-refractivity contribution in [1.82, 2.24) is 0 Å². The third-order valence-electron chi connectivity index (χ3n) is 2.62. The van der Waals surface area contributed by atoms with Crippen LogP contribution in [0.15, 0.2) is 49.0 Å². The predicted molar refractivity (Wildman–Crippen MR) is 73.7 cm³/mol. The van der Waals surface area contributed by atoms with E-state index in [2.05, 4.69) is 11.3 Å². The van der Waals surface area contributed by atoms with E-state index >= 15 is 0 Å². The molecule has 2 aromatic rings. The summed E-state index contributed by atoms with van der Waals surface area (Å²) in [6.07, 6.45) is -3.44. The summed E-state index contributed by atoms with van der Waals surface area (Å²) in [4.78, 5) is 0. The molecular weight excluding hydrogens is 289 g/mol. The zero-order valence-corrected chi connectivity index (χ0v) is 11.0. The maximum absolute atomic E-state index is 12.4. The second kappa shape index (κ2) is 5.59. The summed E-state index contributed by atoms with van der Waals surface area (Å²) in [6.45, 7) is 3.47. The van der Waals surface area contributed by atoms with E-state index in [0.717, 1.165) is 0 Å². The van der Waals surface area contributed by atoms with Crippen LogP contribution in [0, 0.1) is 0 Å². The zero-order chi connectivity index (χ0) is 14.8. The molecule has 20 heavy (non-hydrogen) atoms. The van der Waals surface area contributed by atoms with Gasteiger partial charge in [0.1, 0.15) is 5.75 Å². The highest BCUT2D eigenvalue weighted by atomic mass is 35.5. The number of rotatable bonds is 3. The van der Waals surface area contributed by atoms with E-state index in [0.29, 0.717) is 16.1 Å². The molecule has 0 N–H and O–H groups in total. The zero-order valence-electron chi connectivity index (χ0n) is 10.2. The Labute approximate surface area is 119 Å². The summed E-state index contributed by atoms with van der Waals surface area (Å²) in [6, 6.07) is 11.4. The summed E-state index contributed by atoms with van der Waals surface area (Å²) in [7, 11) is 0. The monoisotopic (exact) mass is 298 g/mol. The Morgan fingerprint density at radius 1 is 1.05 bits per heavy atom. The standard InChI is InChI=1S/C15H10ClF3O/c1-2-10-6-7-12(9-14(10)20-15(17,18)19)11-4-3-5-13(16)8-11/h2-9H,1H2. The Bertz CT molecular complexity index is 635. The molecule has 5 heteroatoms. The van der Waals surface area contributed by atoms with Crippen molar-refractivity contribution in [2.45, 2.75) is 6.36 Å². The summed E-state index contributed by atoms with van der Waals surface area (Å²) in [5.41, 5.74) is 1.56. The summed E-state index contributed by atoms with van der Waals surface area (Å²) in [5, 5.41) is 0.508. The van der Waals surface area contributed by atoms with Crippen molar-refractivity contribution < 1.29 is 17.9 Å². The van der Waals surface area contributed by atoms with Crippen LogP contribution in [0.4, 0.5) is 13.2 Å². The van der Waals surface area contributed by atoms with Gasteiger partial charge in [-0.2, -0.15) is 0 Å². The molecule has 0 aliphatic carbocycles. The predicted octanol–water partition coefficient (Wildman–Crippen LogP) is 5.55. The minimum Gasteiger partial charge on any atom is -0.405 e. The van der Waals surface area contributed by atoms with Gasteiger partial charge >= 0.3 is 6.36 Å². The van der Waals surface area contributed by atoms with Gasteiger partial charge in [0.25, 0.3) is 0 Å². The first-order valence-corrected chi connectivity index (χ1v) is 6.05. The highest BCUT2D eigenvalue weighted by molar-refractivity contribution is 6.30. The smallest absolute Gasteiger partial charge is 0.405 e. The van der Waals surface area contributed by atoms with Crippen LogP contribution in [-0.4, -0.2) is 6.36 Å². The fourth-order valence-electron chi connectivity index (χ4n) is 1.76. The largest absolute Gasteiger partial charge is 0.573 e. The fourth-order valence-corrected chi connectivity index (χ4v) is 1.95. The van der Waals surface area contributed by atoms with Crippen LogP contribution >= 0.6 is 11.6 Å². The lowest BCUT2D eigenvalue weighted by Gasteiger charge is -2.13. The highest BCUT2D eigenvalue weighted by Crippen LogP contribution is 2.32. The minimum absolute atomic E-state index is 0.271. The Hall–Kier alpha value is -1.94. The van der Waals surface area contributed by atoms with Gasteiger partial charge < -0.3 is 4.74 Å². The van der Waals surface area contributed by atoms with Crippen LogP contribution in [0.5, 0.6) is 5.75 Å². The first kappa shape index (κ1) is 14.5.